The third kappa shape index (κ3) is 5.97. The molecule has 0 heterocycles. The van der Waals surface area contributed by atoms with Gasteiger partial charge in [0, 0.05) is 0 Å². The average molecular weight is 481 g/mol. The maximum absolute atomic E-state index is 13.6. The van der Waals surface area contributed by atoms with Gasteiger partial charge >= 0.3 is 0 Å². The van der Waals surface area contributed by atoms with Crippen LogP contribution < -0.4 is 14.4 Å². The van der Waals surface area contributed by atoms with Crippen LogP contribution in [-0.2, 0) is 14.8 Å². The van der Waals surface area contributed by atoms with Crippen LogP contribution in [-0.4, -0.2) is 27.5 Å². The Morgan fingerprint density at radius 1 is 0.941 bits per heavy atom. The van der Waals surface area contributed by atoms with Crippen molar-refractivity contribution in [3.63, 3.8) is 0 Å². The van der Waals surface area contributed by atoms with Gasteiger partial charge in [0.15, 0.2) is 0 Å². The van der Waals surface area contributed by atoms with Gasteiger partial charge in [0.1, 0.15) is 12.3 Å². The quantitative estimate of drug-likeness (QED) is 0.463. The molecule has 0 aliphatic rings. The number of nitrogens with zero attached hydrogens (tertiary/aromatic N) is 1. The van der Waals surface area contributed by atoms with E-state index in [0.717, 1.165) is 28.0 Å². The van der Waals surface area contributed by atoms with Crippen LogP contribution >= 0.6 is 0 Å². The minimum absolute atomic E-state index is 0.142. The molecule has 6 nitrogen and oxygen atoms in total. The van der Waals surface area contributed by atoms with E-state index in [2.05, 4.69) is 5.32 Å². The van der Waals surface area contributed by atoms with Crippen molar-refractivity contribution in [2.75, 3.05) is 17.5 Å². The average Bonchev–Trinajstić information content (AvgIpc) is 2.80. The van der Waals surface area contributed by atoms with Crippen LogP contribution in [0.5, 0.6) is 5.75 Å². The van der Waals surface area contributed by atoms with Crippen molar-refractivity contribution in [3.05, 3.63) is 89.0 Å². The van der Waals surface area contributed by atoms with Gasteiger partial charge in [-0.1, -0.05) is 35.9 Å². The fourth-order valence-electron chi connectivity index (χ4n) is 3.55. The molecule has 1 amide bonds. The monoisotopic (exact) mass is 480 g/mol. The largest absolute Gasteiger partial charge is 0.494 e. The van der Waals surface area contributed by atoms with E-state index in [1.807, 2.05) is 65.0 Å². The van der Waals surface area contributed by atoms with Gasteiger partial charge in [0.05, 0.1) is 23.2 Å². The second-order valence-corrected chi connectivity index (χ2v) is 10.2. The first-order valence-electron chi connectivity index (χ1n) is 11.3. The van der Waals surface area contributed by atoms with Crippen molar-refractivity contribution in [2.45, 2.75) is 45.6 Å². The predicted molar refractivity (Wildman–Crippen MR) is 136 cm³/mol. The minimum atomic E-state index is -3.95. The van der Waals surface area contributed by atoms with E-state index in [9.17, 15) is 13.2 Å². The lowest BCUT2D eigenvalue weighted by atomic mass is 10.1. The molecule has 1 atom stereocenters. The summed E-state index contributed by atoms with van der Waals surface area (Å²) in [5.74, 6) is 0.366. The van der Waals surface area contributed by atoms with E-state index in [-0.39, 0.29) is 17.5 Å². The number of sulfonamides is 1. The van der Waals surface area contributed by atoms with Crippen LogP contribution in [0, 0.1) is 20.8 Å². The summed E-state index contributed by atoms with van der Waals surface area (Å²) in [6.07, 6.45) is 0. The van der Waals surface area contributed by atoms with Crippen molar-refractivity contribution in [1.29, 1.82) is 0 Å². The molecule has 0 saturated carbocycles. The normalized spacial score (nSPS) is 12.1. The van der Waals surface area contributed by atoms with Gasteiger partial charge in [-0.25, -0.2) is 8.42 Å². The summed E-state index contributed by atoms with van der Waals surface area (Å²) in [6.45, 7) is 9.81. The van der Waals surface area contributed by atoms with E-state index in [1.54, 1.807) is 36.4 Å². The molecule has 180 valence electrons. The van der Waals surface area contributed by atoms with Crippen molar-refractivity contribution in [3.8, 4) is 5.75 Å². The van der Waals surface area contributed by atoms with Crippen LogP contribution in [0.4, 0.5) is 5.69 Å². The van der Waals surface area contributed by atoms with Crippen molar-refractivity contribution >= 4 is 21.6 Å². The molecule has 3 aromatic rings. The van der Waals surface area contributed by atoms with Gasteiger partial charge in [-0.2, -0.15) is 0 Å². The summed E-state index contributed by atoms with van der Waals surface area (Å²) in [4.78, 5) is 13.2. The van der Waals surface area contributed by atoms with Crippen LogP contribution in [0.15, 0.2) is 71.6 Å². The number of benzene rings is 3. The minimum Gasteiger partial charge on any atom is -0.494 e. The molecule has 0 bridgehead atoms. The van der Waals surface area contributed by atoms with Crippen LogP contribution in [0.25, 0.3) is 0 Å². The summed E-state index contributed by atoms with van der Waals surface area (Å²) in [5, 5.41) is 2.92. The molecule has 0 fully saturated rings. The summed E-state index contributed by atoms with van der Waals surface area (Å²) < 4.78 is 33.8. The molecule has 0 saturated heterocycles. The topological polar surface area (TPSA) is 75.7 Å². The number of hydrogen-bond acceptors (Lipinski definition) is 4. The molecular weight excluding hydrogens is 448 g/mol. The highest BCUT2D eigenvalue weighted by atomic mass is 32.2. The van der Waals surface area contributed by atoms with Gasteiger partial charge in [-0.05, 0) is 87.7 Å². The fourth-order valence-corrected chi connectivity index (χ4v) is 4.97. The Morgan fingerprint density at radius 3 is 2.18 bits per heavy atom. The number of nitrogens with one attached hydrogen (secondary N) is 1. The number of amides is 1. The van der Waals surface area contributed by atoms with E-state index in [4.69, 9.17) is 4.74 Å². The zero-order valence-corrected chi connectivity index (χ0v) is 21.1. The lowest BCUT2D eigenvalue weighted by Gasteiger charge is -2.26. The summed E-state index contributed by atoms with van der Waals surface area (Å²) >= 11 is 0. The lowest BCUT2D eigenvalue weighted by molar-refractivity contribution is -0.120. The van der Waals surface area contributed by atoms with E-state index in [0.29, 0.717) is 12.3 Å². The van der Waals surface area contributed by atoms with E-state index < -0.39 is 15.9 Å². The first-order valence-corrected chi connectivity index (χ1v) is 12.7. The number of anilines is 1. The highest BCUT2D eigenvalue weighted by Gasteiger charge is 2.28. The summed E-state index contributed by atoms with van der Waals surface area (Å²) in [6, 6.07) is 19.2. The van der Waals surface area contributed by atoms with Gasteiger partial charge in [0.2, 0.25) is 5.91 Å². The van der Waals surface area contributed by atoms with E-state index in [1.165, 1.54) is 4.31 Å². The highest BCUT2D eigenvalue weighted by Crippen LogP contribution is 2.26. The Balaban J connectivity index is 1.86. The van der Waals surface area contributed by atoms with Crippen LogP contribution in [0.1, 0.15) is 42.1 Å². The molecule has 0 spiro atoms. The Hall–Kier alpha value is -3.32. The van der Waals surface area contributed by atoms with Crippen LogP contribution in [0.3, 0.4) is 0 Å². The third-order valence-corrected chi connectivity index (χ3v) is 7.53. The number of rotatable bonds is 9. The first-order chi connectivity index (χ1) is 16.1. The Kier molecular flexibility index (Phi) is 7.99. The van der Waals surface area contributed by atoms with Gasteiger partial charge in [-0.15, -0.1) is 0 Å². The Morgan fingerprint density at radius 2 is 1.59 bits per heavy atom. The standard InChI is InChI=1S/C27H32N2O4S/c1-6-33-25-13-10-23(11-14-25)22(5)28-27(30)18-29(24-12-9-20(3)21(4)17-24)34(31,32)26-15-7-19(2)8-16-26/h7-17,22H,6,18H2,1-5H3,(H,28,30)/t22-/m1/s1. The molecule has 0 aromatic heterocycles. The SMILES string of the molecule is CCOc1ccc([C@@H](C)NC(=O)CN(c2ccc(C)c(C)c2)S(=O)(=O)c2ccc(C)cc2)cc1. The Labute approximate surface area is 202 Å². The predicted octanol–water partition coefficient (Wildman–Crippen LogP) is 5.08. The van der Waals surface area contributed by atoms with Crippen molar-refractivity contribution < 1.29 is 17.9 Å². The van der Waals surface area contributed by atoms with Crippen molar-refractivity contribution in [1.82, 2.24) is 5.32 Å². The molecule has 0 aliphatic carbocycles. The number of hydrogen-bond donors (Lipinski definition) is 1. The number of carbonyl (C=O) groups is 1. The second-order valence-electron chi connectivity index (χ2n) is 8.38. The molecule has 7 heteroatoms. The maximum atomic E-state index is 13.6. The number of ether oxygens (including phenoxy) is 1. The Bertz CT molecular complexity index is 1240. The van der Waals surface area contributed by atoms with Gasteiger partial charge < -0.3 is 10.1 Å². The smallest absolute Gasteiger partial charge is 0.264 e. The first kappa shape index (κ1) is 25.3. The molecule has 1 N–H and O–H groups in total. The number of carbonyl (C=O) groups excluding carboxylic acids is 1. The zero-order valence-electron chi connectivity index (χ0n) is 20.3. The molecule has 0 radical (unpaired) electrons. The van der Waals surface area contributed by atoms with Crippen LogP contribution in [0.2, 0.25) is 0 Å². The summed E-state index contributed by atoms with van der Waals surface area (Å²) in [5.41, 5.74) is 4.30. The molecule has 0 aliphatic heterocycles. The zero-order chi connectivity index (χ0) is 24.9. The lowest BCUT2D eigenvalue weighted by Crippen LogP contribution is -2.41. The molecule has 0 unspecified atom stereocenters. The molecule has 34 heavy (non-hydrogen) atoms. The second kappa shape index (κ2) is 10.7. The maximum Gasteiger partial charge on any atom is 0.264 e. The third-order valence-electron chi connectivity index (χ3n) is 5.74. The number of aryl methyl sites for hydroxylation is 3. The summed E-state index contributed by atoms with van der Waals surface area (Å²) in [7, 11) is -3.95. The van der Waals surface area contributed by atoms with E-state index >= 15 is 0 Å². The molecular formula is C27H32N2O4S. The fraction of sp³-hybridized carbons (Fsp3) is 0.296. The highest BCUT2D eigenvalue weighted by molar-refractivity contribution is 7.92. The van der Waals surface area contributed by atoms with Gasteiger partial charge in [0.25, 0.3) is 10.0 Å². The van der Waals surface area contributed by atoms with Gasteiger partial charge in [-0.3, -0.25) is 9.10 Å². The molecule has 3 aromatic carbocycles. The molecule has 3 rings (SSSR count). The van der Waals surface area contributed by atoms with Crippen molar-refractivity contribution in [2.24, 2.45) is 0 Å².